The van der Waals surface area contributed by atoms with Gasteiger partial charge in [0.2, 0.25) is 5.95 Å². The number of allylic oxidation sites excluding steroid dienone is 1. The van der Waals surface area contributed by atoms with Crippen molar-refractivity contribution >= 4 is 71.2 Å². The fourth-order valence-corrected chi connectivity index (χ4v) is 10.5. The average Bonchev–Trinajstić information content (AvgIpc) is 3.87. The van der Waals surface area contributed by atoms with Crippen molar-refractivity contribution in [2.75, 3.05) is 0 Å². The summed E-state index contributed by atoms with van der Waals surface area (Å²) >= 11 is 0. The van der Waals surface area contributed by atoms with E-state index in [2.05, 4.69) is 198 Å². The molecule has 0 saturated heterocycles. The largest absolute Gasteiger partial charge is 0.329 e. The maximum Gasteiger partial charge on any atom is 0.238 e. The Balaban J connectivity index is 1.15. The number of rotatable bonds is 5. The Kier molecular flexibility index (Phi) is 7.73. The molecule has 5 heteroatoms. The summed E-state index contributed by atoms with van der Waals surface area (Å²) in [4.78, 5) is 15.8. The second-order valence-corrected chi connectivity index (χ2v) is 16.9. The fourth-order valence-electron chi connectivity index (χ4n) is 10.5. The van der Waals surface area contributed by atoms with Crippen LogP contribution in [0.4, 0.5) is 0 Å². The predicted octanol–water partition coefficient (Wildman–Crippen LogP) is 14.6. The van der Waals surface area contributed by atoms with E-state index < -0.39 is 5.54 Å². The lowest BCUT2D eigenvalue weighted by Gasteiger charge is -2.37. The Morgan fingerprint density at radius 2 is 0.984 bits per heavy atom. The minimum Gasteiger partial charge on any atom is -0.329 e. The van der Waals surface area contributed by atoms with E-state index in [0.29, 0.717) is 17.6 Å². The number of hydrogen-bond acceptors (Lipinski definition) is 3. The summed E-state index contributed by atoms with van der Waals surface area (Å²) in [6, 6.07) is 69.6. The average molecular weight is 806 g/mol. The first-order valence-corrected chi connectivity index (χ1v) is 21.7. The SMILES string of the molecule is CC1(n2c3cc4c(cc3c3c5ccccc5c5ccccc5c32)c2ccccc2n4-c2nc(-c3ccccc3)nc(-c3ccc(-c4ccccc4)cc3)n2)CC=Cc2ccccc21. The molecule has 0 fully saturated rings. The molecule has 0 aliphatic heterocycles. The summed E-state index contributed by atoms with van der Waals surface area (Å²) in [6.45, 7) is 2.42. The Morgan fingerprint density at radius 1 is 0.429 bits per heavy atom. The quantitative estimate of drug-likeness (QED) is 0.163. The van der Waals surface area contributed by atoms with Crippen molar-refractivity contribution in [2.45, 2.75) is 18.9 Å². The third kappa shape index (κ3) is 5.33. The van der Waals surface area contributed by atoms with Gasteiger partial charge < -0.3 is 4.57 Å². The molecule has 9 aromatic carbocycles. The van der Waals surface area contributed by atoms with Crippen molar-refractivity contribution < 1.29 is 0 Å². The van der Waals surface area contributed by atoms with E-state index in [0.717, 1.165) is 44.9 Å². The minimum absolute atomic E-state index is 0.395. The fraction of sp³-hybridized carbons (Fsp3) is 0.0517. The van der Waals surface area contributed by atoms with E-state index in [1.54, 1.807) is 0 Å². The number of benzene rings is 9. The monoisotopic (exact) mass is 805 g/mol. The highest BCUT2D eigenvalue weighted by atomic mass is 15.2. The van der Waals surface area contributed by atoms with E-state index in [1.807, 2.05) is 24.3 Å². The third-order valence-corrected chi connectivity index (χ3v) is 13.4. The highest BCUT2D eigenvalue weighted by molar-refractivity contribution is 6.33. The molecule has 5 nitrogen and oxygen atoms in total. The molecule has 0 saturated carbocycles. The highest BCUT2D eigenvalue weighted by Gasteiger charge is 2.36. The number of nitrogens with zero attached hydrogens (tertiary/aromatic N) is 5. The molecule has 1 aliphatic carbocycles. The van der Waals surface area contributed by atoms with Gasteiger partial charge in [0, 0.05) is 38.1 Å². The van der Waals surface area contributed by atoms with Crippen molar-refractivity contribution in [2.24, 2.45) is 0 Å². The van der Waals surface area contributed by atoms with Gasteiger partial charge in [-0.3, -0.25) is 4.57 Å². The van der Waals surface area contributed by atoms with Crippen LogP contribution in [-0.4, -0.2) is 24.1 Å². The molecule has 3 aromatic heterocycles. The second kappa shape index (κ2) is 13.7. The Morgan fingerprint density at radius 3 is 1.73 bits per heavy atom. The molecule has 0 radical (unpaired) electrons. The third-order valence-electron chi connectivity index (χ3n) is 13.4. The summed E-state index contributed by atoms with van der Waals surface area (Å²) < 4.78 is 4.92. The van der Waals surface area contributed by atoms with Crippen LogP contribution in [0, 0.1) is 0 Å². The van der Waals surface area contributed by atoms with Crippen LogP contribution in [0.2, 0.25) is 0 Å². The van der Waals surface area contributed by atoms with Crippen molar-refractivity contribution in [3.63, 3.8) is 0 Å². The van der Waals surface area contributed by atoms with E-state index in [1.165, 1.54) is 60.0 Å². The van der Waals surface area contributed by atoms with Gasteiger partial charge in [0.25, 0.3) is 0 Å². The lowest BCUT2D eigenvalue weighted by Crippen LogP contribution is -2.33. The highest BCUT2D eigenvalue weighted by Crippen LogP contribution is 2.49. The smallest absolute Gasteiger partial charge is 0.238 e. The number of para-hydroxylation sites is 1. The molecule has 0 bridgehead atoms. The van der Waals surface area contributed by atoms with Gasteiger partial charge in [-0.15, -0.1) is 0 Å². The molecule has 0 spiro atoms. The van der Waals surface area contributed by atoms with Crippen LogP contribution in [0.1, 0.15) is 24.5 Å². The first kappa shape index (κ1) is 35.6. The van der Waals surface area contributed by atoms with Gasteiger partial charge in [0.15, 0.2) is 11.6 Å². The van der Waals surface area contributed by atoms with Crippen LogP contribution < -0.4 is 0 Å². The molecule has 1 aliphatic rings. The second-order valence-electron chi connectivity index (χ2n) is 16.9. The van der Waals surface area contributed by atoms with Crippen LogP contribution in [-0.2, 0) is 5.54 Å². The molecule has 63 heavy (non-hydrogen) atoms. The van der Waals surface area contributed by atoms with Crippen molar-refractivity contribution in [3.8, 4) is 39.9 Å². The molecule has 1 unspecified atom stereocenters. The van der Waals surface area contributed by atoms with Crippen LogP contribution in [0.15, 0.2) is 200 Å². The standard InChI is InChI=1S/C58H39N5/c1-58(34-16-22-39-19-8-14-28-49(39)58)63-52-36-51-47(35-48(52)53-45-26-11-9-23-42(45)43-24-10-12-27-46(43)54(53)63)44-25-13-15-29-50(44)62(51)57-60-55(40-20-6-3-7-21-40)59-56(61-57)41-32-30-38(31-33-41)37-17-4-2-5-18-37/h2-33,35-36H,34H2,1H3. The van der Waals surface area contributed by atoms with Crippen molar-refractivity contribution in [1.29, 1.82) is 0 Å². The zero-order valence-electron chi connectivity index (χ0n) is 34.6. The molecule has 12 aromatic rings. The molecular formula is C58H39N5. The zero-order chi connectivity index (χ0) is 41.6. The Bertz CT molecular complexity index is 3820. The normalized spacial score (nSPS) is 15.0. The van der Waals surface area contributed by atoms with Crippen LogP contribution in [0.25, 0.3) is 111 Å². The van der Waals surface area contributed by atoms with Gasteiger partial charge in [-0.2, -0.15) is 9.97 Å². The maximum atomic E-state index is 5.36. The summed E-state index contributed by atoms with van der Waals surface area (Å²) in [5.41, 5.74) is 10.9. The zero-order valence-corrected chi connectivity index (χ0v) is 34.6. The predicted molar refractivity (Wildman–Crippen MR) is 261 cm³/mol. The van der Waals surface area contributed by atoms with E-state index in [-0.39, 0.29) is 0 Å². The van der Waals surface area contributed by atoms with Crippen LogP contribution in [0.5, 0.6) is 0 Å². The summed E-state index contributed by atoms with van der Waals surface area (Å²) in [7, 11) is 0. The lowest BCUT2D eigenvalue weighted by atomic mass is 9.81. The minimum atomic E-state index is -0.395. The molecule has 296 valence electrons. The van der Waals surface area contributed by atoms with Crippen LogP contribution >= 0.6 is 0 Å². The molecule has 0 amide bonds. The van der Waals surface area contributed by atoms with E-state index in [4.69, 9.17) is 15.0 Å². The first-order chi connectivity index (χ1) is 31.1. The number of hydrogen-bond donors (Lipinski definition) is 0. The van der Waals surface area contributed by atoms with Gasteiger partial charge in [0.1, 0.15) is 0 Å². The van der Waals surface area contributed by atoms with Gasteiger partial charge in [-0.1, -0.05) is 188 Å². The Hall–Kier alpha value is -8.15. The van der Waals surface area contributed by atoms with Crippen molar-refractivity contribution in [3.05, 3.63) is 211 Å². The van der Waals surface area contributed by atoms with Gasteiger partial charge >= 0.3 is 0 Å². The number of aromatic nitrogens is 5. The van der Waals surface area contributed by atoms with Crippen LogP contribution in [0.3, 0.4) is 0 Å². The van der Waals surface area contributed by atoms with Gasteiger partial charge in [-0.25, -0.2) is 4.98 Å². The van der Waals surface area contributed by atoms with Gasteiger partial charge in [-0.05, 0) is 70.0 Å². The summed E-state index contributed by atoms with van der Waals surface area (Å²) in [5.74, 6) is 1.82. The molecule has 3 heterocycles. The molecule has 13 rings (SSSR count). The summed E-state index contributed by atoms with van der Waals surface area (Å²) in [5, 5.41) is 9.84. The van der Waals surface area contributed by atoms with Crippen molar-refractivity contribution in [1.82, 2.24) is 24.1 Å². The number of fused-ring (bicyclic) bond motifs is 12. The first-order valence-electron chi connectivity index (χ1n) is 21.7. The maximum absolute atomic E-state index is 5.36. The Labute approximate surface area is 363 Å². The lowest BCUT2D eigenvalue weighted by molar-refractivity contribution is 0.419. The summed E-state index contributed by atoms with van der Waals surface area (Å²) in [6.07, 6.45) is 5.49. The molecular weight excluding hydrogens is 767 g/mol. The van der Waals surface area contributed by atoms with E-state index in [9.17, 15) is 0 Å². The van der Waals surface area contributed by atoms with E-state index >= 15 is 0 Å². The molecule has 1 atom stereocenters. The topological polar surface area (TPSA) is 48.5 Å². The van der Waals surface area contributed by atoms with Gasteiger partial charge in [0.05, 0.1) is 27.6 Å². The molecule has 0 N–H and O–H groups in total.